The standard InChI is InChI=1S/C19H20N2O3.ClH/c20-11-12-9-10-17(23-12)19(22)21-18-13-5-1-3-7-15(13)24-16-8-4-2-6-14(16)18;/h1-8,12,17-18H,9-11,20H2,(H,21,22);1H/t12-,17+;/m1./s1. The van der Waals surface area contributed by atoms with Crippen LogP contribution in [0.1, 0.15) is 30.0 Å². The molecular formula is C19H21ClN2O3. The first-order valence-corrected chi connectivity index (χ1v) is 8.28. The van der Waals surface area contributed by atoms with Crippen molar-refractivity contribution in [2.24, 2.45) is 5.73 Å². The summed E-state index contributed by atoms with van der Waals surface area (Å²) in [7, 11) is 0. The van der Waals surface area contributed by atoms with E-state index in [0.29, 0.717) is 13.0 Å². The van der Waals surface area contributed by atoms with Crippen molar-refractivity contribution < 1.29 is 14.3 Å². The van der Waals surface area contributed by atoms with Gasteiger partial charge in [0.1, 0.15) is 17.6 Å². The largest absolute Gasteiger partial charge is 0.457 e. The molecule has 0 bridgehead atoms. The van der Waals surface area contributed by atoms with Crippen molar-refractivity contribution in [3.05, 3.63) is 59.7 Å². The molecule has 0 saturated carbocycles. The van der Waals surface area contributed by atoms with Crippen LogP contribution in [0.25, 0.3) is 0 Å². The number of nitrogens with one attached hydrogen (secondary N) is 1. The van der Waals surface area contributed by atoms with E-state index in [1.165, 1.54) is 0 Å². The lowest BCUT2D eigenvalue weighted by atomic mass is 9.94. The second-order valence-electron chi connectivity index (χ2n) is 6.18. The summed E-state index contributed by atoms with van der Waals surface area (Å²) >= 11 is 0. The van der Waals surface area contributed by atoms with Gasteiger partial charge in [0.15, 0.2) is 0 Å². The molecule has 0 aromatic heterocycles. The number of amides is 1. The molecule has 2 heterocycles. The molecule has 1 amide bonds. The third-order valence-corrected chi connectivity index (χ3v) is 4.63. The first-order valence-electron chi connectivity index (χ1n) is 8.28. The molecule has 2 aromatic carbocycles. The molecule has 0 spiro atoms. The highest BCUT2D eigenvalue weighted by molar-refractivity contribution is 5.85. The van der Waals surface area contributed by atoms with Crippen LogP contribution in [-0.4, -0.2) is 24.7 Å². The molecule has 1 fully saturated rings. The van der Waals surface area contributed by atoms with Gasteiger partial charge in [-0.25, -0.2) is 0 Å². The summed E-state index contributed by atoms with van der Waals surface area (Å²) in [6.45, 7) is 0.451. The molecule has 2 aliphatic rings. The average molecular weight is 361 g/mol. The van der Waals surface area contributed by atoms with Crippen molar-refractivity contribution in [3.8, 4) is 11.5 Å². The number of hydrogen-bond donors (Lipinski definition) is 2. The summed E-state index contributed by atoms with van der Waals surface area (Å²) in [5, 5.41) is 3.13. The molecule has 2 atom stereocenters. The van der Waals surface area contributed by atoms with Crippen LogP contribution in [-0.2, 0) is 9.53 Å². The van der Waals surface area contributed by atoms with Gasteiger partial charge in [0, 0.05) is 17.7 Å². The molecule has 4 rings (SSSR count). The molecule has 0 unspecified atom stereocenters. The molecule has 0 aliphatic carbocycles. The minimum Gasteiger partial charge on any atom is -0.457 e. The average Bonchev–Trinajstić information content (AvgIpc) is 3.11. The molecule has 25 heavy (non-hydrogen) atoms. The zero-order chi connectivity index (χ0) is 16.5. The summed E-state index contributed by atoms with van der Waals surface area (Å²) in [6, 6.07) is 15.3. The van der Waals surface area contributed by atoms with Gasteiger partial charge in [0.05, 0.1) is 12.1 Å². The highest BCUT2D eigenvalue weighted by Gasteiger charge is 2.34. The number of rotatable bonds is 3. The fraction of sp³-hybridized carbons (Fsp3) is 0.316. The van der Waals surface area contributed by atoms with Crippen molar-refractivity contribution in [3.63, 3.8) is 0 Å². The molecule has 132 valence electrons. The van der Waals surface area contributed by atoms with Crippen LogP contribution in [0.3, 0.4) is 0 Å². The maximum atomic E-state index is 12.7. The maximum absolute atomic E-state index is 12.7. The Bertz CT molecular complexity index is 722. The van der Waals surface area contributed by atoms with E-state index >= 15 is 0 Å². The Balaban J connectivity index is 0.00000182. The molecule has 2 aromatic rings. The lowest BCUT2D eigenvalue weighted by Crippen LogP contribution is -2.39. The van der Waals surface area contributed by atoms with Crippen LogP contribution in [0.5, 0.6) is 11.5 Å². The number of ether oxygens (including phenoxy) is 2. The number of nitrogens with two attached hydrogens (primary N) is 1. The predicted molar refractivity (Wildman–Crippen MR) is 97.1 cm³/mol. The van der Waals surface area contributed by atoms with Gasteiger partial charge in [-0.1, -0.05) is 36.4 Å². The van der Waals surface area contributed by atoms with Crippen LogP contribution < -0.4 is 15.8 Å². The Morgan fingerprint density at radius 3 is 2.20 bits per heavy atom. The van der Waals surface area contributed by atoms with Gasteiger partial charge >= 0.3 is 0 Å². The van der Waals surface area contributed by atoms with Crippen molar-refractivity contribution >= 4 is 18.3 Å². The van der Waals surface area contributed by atoms with Crippen LogP contribution >= 0.6 is 12.4 Å². The second kappa shape index (κ2) is 7.44. The van der Waals surface area contributed by atoms with Crippen molar-refractivity contribution in [2.75, 3.05) is 6.54 Å². The Labute approximate surface area is 152 Å². The number of fused-ring (bicyclic) bond motifs is 2. The summed E-state index contributed by atoms with van der Waals surface area (Å²) in [5.74, 6) is 1.45. The normalized spacial score (nSPS) is 21.5. The van der Waals surface area contributed by atoms with Gasteiger partial charge in [-0.05, 0) is 25.0 Å². The van der Waals surface area contributed by atoms with Crippen molar-refractivity contribution in [2.45, 2.75) is 31.1 Å². The van der Waals surface area contributed by atoms with Gasteiger partial charge < -0.3 is 20.5 Å². The topological polar surface area (TPSA) is 73.6 Å². The van der Waals surface area contributed by atoms with E-state index in [2.05, 4.69) is 5.32 Å². The molecular weight excluding hydrogens is 340 g/mol. The third kappa shape index (κ3) is 3.35. The zero-order valence-corrected chi connectivity index (χ0v) is 14.5. The summed E-state index contributed by atoms with van der Waals surface area (Å²) < 4.78 is 11.7. The van der Waals surface area contributed by atoms with Crippen LogP contribution in [0.2, 0.25) is 0 Å². The highest BCUT2D eigenvalue weighted by atomic mass is 35.5. The fourth-order valence-electron chi connectivity index (χ4n) is 3.37. The smallest absolute Gasteiger partial charge is 0.249 e. The van der Waals surface area contributed by atoms with Gasteiger partial charge in [-0.2, -0.15) is 0 Å². The number of carbonyl (C=O) groups excluding carboxylic acids is 1. The lowest BCUT2D eigenvalue weighted by Gasteiger charge is -2.29. The minimum absolute atomic E-state index is 0. The van der Waals surface area contributed by atoms with Crippen LogP contribution in [0, 0.1) is 0 Å². The van der Waals surface area contributed by atoms with Gasteiger partial charge in [0.25, 0.3) is 0 Å². The summed E-state index contributed by atoms with van der Waals surface area (Å²) in [4.78, 5) is 12.7. The van der Waals surface area contributed by atoms with E-state index in [4.69, 9.17) is 15.2 Å². The Morgan fingerprint density at radius 1 is 1.04 bits per heavy atom. The van der Waals surface area contributed by atoms with E-state index < -0.39 is 6.10 Å². The predicted octanol–water partition coefficient (Wildman–Crippen LogP) is 2.93. The van der Waals surface area contributed by atoms with Crippen molar-refractivity contribution in [1.82, 2.24) is 5.32 Å². The van der Waals surface area contributed by atoms with Gasteiger partial charge in [-0.15, -0.1) is 12.4 Å². The minimum atomic E-state index is -0.430. The molecule has 0 radical (unpaired) electrons. The molecule has 3 N–H and O–H groups in total. The lowest BCUT2D eigenvalue weighted by molar-refractivity contribution is -0.132. The van der Waals surface area contributed by atoms with E-state index in [-0.39, 0.29) is 30.5 Å². The quantitative estimate of drug-likeness (QED) is 0.882. The number of halogens is 1. The monoisotopic (exact) mass is 360 g/mol. The Morgan fingerprint density at radius 2 is 1.64 bits per heavy atom. The second-order valence-corrected chi connectivity index (χ2v) is 6.18. The van der Waals surface area contributed by atoms with E-state index in [1.807, 2.05) is 48.5 Å². The van der Waals surface area contributed by atoms with E-state index in [0.717, 1.165) is 29.0 Å². The Hall–Kier alpha value is -2.08. The highest BCUT2D eigenvalue weighted by Crippen LogP contribution is 2.42. The van der Waals surface area contributed by atoms with Gasteiger partial charge in [0.2, 0.25) is 5.91 Å². The molecule has 5 nitrogen and oxygen atoms in total. The SMILES string of the molecule is Cl.NC[C@H]1CC[C@@H](C(=O)NC2c3ccccc3Oc3ccccc32)O1. The first kappa shape index (κ1) is 17.7. The molecule has 2 aliphatic heterocycles. The number of benzene rings is 2. The number of hydrogen-bond acceptors (Lipinski definition) is 4. The summed E-state index contributed by atoms with van der Waals surface area (Å²) in [6.07, 6.45) is 1.09. The zero-order valence-electron chi connectivity index (χ0n) is 13.7. The fourth-order valence-corrected chi connectivity index (χ4v) is 3.37. The van der Waals surface area contributed by atoms with Gasteiger partial charge in [-0.3, -0.25) is 4.79 Å². The maximum Gasteiger partial charge on any atom is 0.249 e. The first-order chi connectivity index (χ1) is 11.8. The number of carbonyl (C=O) groups is 1. The van der Waals surface area contributed by atoms with E-state index in [9.17, 15) is 4.79 Å². The van der Waals surface area contributed by atoms with Crippen LogP contribution in [0.4, 0.5) is 0 Å². The van der Waals surface area contributed by atoms with Crippen LogP contribution in [0.15, 0.2) is 48.5 Å². The Kier molecular flexibility index (Phi) is 5.27. The molecule has 1 saturated heterocycles. The summed E-state index contributed by atoms with van der Waals surface area (Å²) in [5.41, 5.74) is 7.55. The third-order valence-electron chi connectivity index (χ3n) is 4.63. The molecule has 6 heteroatoms. The van der Waals surface area contributed by atoms with Crippen molar-refractivity contribution in [1.29, 1.82) is 0 Å². The number of para-hydroxylation sites is 2. The van der Waals surface area contributed by atoms with E-state index in [1.54, 1.807) is 0 Å².